The van der Waals surface area contributed by atoms with Crippen LogP contribution in [0.5, 0.6) is 0 Å². The summed E-state index contributed by atoms with van der Waals surface area (Å²) in [6.45, 7) is 10.4. The molecule has 3 atom stereocenters. The van der Waals surface area contributed by atoms with Gasteiger partial charge in [-0.05, 0) is 6.42 Å². The fraction of sp³-hybridized carbons (Fsp3) is 0.750. The molecule has 0 radical (unpaired) electrons. The Kier molecular flexibility index (Phi) is 5.27. The van der Waals surface area contributed by atoms with Crippen molar-refractivity contribution >= 4 is 29.3 Å². The molecule has 3 heteroatoms. The molecule has 86 valence electrons. The highest BCUT2D eigenvalue weighted by Gasteiger charge is 2.29. The SMILES string of the molecule is C=C(CC)CC(=O)C1CSC(C)C(C)S1. The predicted octanol–water partition coefficient (Wildman–Crippen LogP) is 3.54. The van der Waals surface area contributed by atoms with Crippen molar-refractivity contribution < 1.29 is 4.79 Å². The van der Waals surface area contributed by atoms with Crippen molar-refractivity contribution in [3.8, 4) is 0 Å². The quantitative estimate of drug-likeness (QED) is 0.704. The van der Waals surface area contributed by atoms with Gasteiger partial charge in [0.25, 0.3) is 0 Å². The van der Waals surface area contributed by atoms with E-state index in [1.54, 1.807) is 0 Å². The zero-order valence-electron chi connectivity index (χ0n) is 9.79. The lowest BCUT2D eigenvalue weighted by Gasteiger charge is -2.30. The van der Waals surface area contributed by atoms with Crippen molar-refractivity contribution in [2.75, 3.05) is 5.75 Å². The third-order valence-corrected chi connectivity index (χ3v) is 6.27. The van der Waals surface area contributed by atoms with Gasteiger partial charge in [-0.2, -0.15) is 11.8 Å². The first-order valence-electron chi connectivity index (χ1n) is 5.51. The Labute approximate surface area is 101 Å². The standard InChI is InChI=1S/C12H20OS2/c1-5-8(2)6-11(13)12-7-14-9(3)10(4)15-12/h9-10,12H,2,5-7H2,1,3-4H3. The van der Waals surface area contributed by atoms with E-state index in [4.69, 9.17) is 0 Å². The second-order valence-electron chi connectivity index (χ2n) is 4.11. The Morgan fingerprint density at radius 2 is 2.07 bits per heavy atom. The molecule has 0 amide bonds. The van der Waals surface area contributed by atoms with Crippen LogP contribution in [0.4, 0.5) is 0 Å². The molecule has 1 aliphatic rings. The van der Waals surface area contributed by atoms with Crippen LogP contribution in [0, 0.1) is 0 Å². The van der Waals surface area contributed by atoms with Crippen LogP contribution in [-0.2, 0) is 4.79 Å². The molecule has 1 saturated heterocycles. The van der Waals surface area contributed by atoms with Crippen LogP contribution in [0.15, 0.2) is 12.2 Å². The highest BCUT2D eigenvalue weighted by atomic mass is 32.2. The highest BCUT2D eigenvalue weighted by molar-refractivity contribution is 8.08. The van der Waals surface area contributed by atoms with Crippen LogP contribution < -0.4 is 0 Å². The molecule has 3 unspecified atom stereocenters. The molecule has 1 aliphatic heterocycles. The molecule has 0 aromatic carbocycles. The molecule has 0 spiro atoms. The van der Waals surface area contributed by atoms with E-state index in [1.807, 2.05) is 23.5 Å². The van der Waals surface area contributed by atoms with Gasteiger partial charge in [-0.1, -0.05) is 32.9 Å². The second kappa shape index (κ2) is 6.00. The first kappa shape index (κ1) is 13.2. The van der Waals surface area contributed by atoms with Crippen molar-refractivity contribution in [2.24, 2.45) is 0 Å². The highest BCUT2D eigenvalue weighted by Crippen LogP contribution is 2.36. The molecule has 15 heavy (non-hydrogen) atoms. The molecule has 0 bridgehead atoms. The summed E-state index contributed by atoms with van der Waals surface area (Å²) in [4.78, 5) is 11.9. The Balaban J connectivity index is 2.44. The number of hydrogen-bond acceptors (Lipinski definition) is 3. The zero-order chi connectivity index (χ0) is 11.4. The van der Waals surface area contributed by atoms with Gasteiger partial charge in [0, 0.05) is 22.7 Å². The molecular formula is C12H20OS2. The number of carbonyl (C=O) groups is 1. The van der Waals surface area contributed by atoms with Crippen LogP contribution in [0.2, 0.25) is 0 Å². The lowest BCUT2D eigenvalue weighted by atomic mass is 10.1. The lowest BCUT2D eigenvalue weighted by Crippen LogP contribution is -2.31. The van der Waals surface area contributed by atoms with Crippen molar-refractivity contribution in [3.63, 3.8) is 0 Å². The van der Waals surface area contributed by atoms with Crippen LogP contribution in [0.1, 0.15) is 33.6 Å². The Morgan fingerprint density at radius 1 is 1.40 bits per heavy atom. The van der Waals surface area contributed by atoms with Gasteiger partial charge in [0.15, 0.2) is 5.78 Å². The van der Waals surface area contributed by atoms with Gasteiger partial charge in [-0.25, -0.2) is 0 Å². The van der Waals surface area contributed by atoms with Crippen LogP contribution in [0.25, 0.3) is 0 Å². The first-order chi connectivity index (χ1) is 7.04. The van der Waals surface area contributed by atoms with Crippen LogP contribution in [-0.4, -0.2) is 27.3 Å². The number of ketones is 1. The van der Waals surface area contributed by atoms with E-state index in [-0.39, 0.29) is 5.25 Å². The van der Waals surface area contributed by atoms with E-state index in [0.29, 0.717) is 22.7 Å². The Morgan fingerprint density at radius 3 is 2.60 bits per heavy atom. The molecule has 1 heterocycles. The lowest BCUT2D eigenvalue weighted by molar-refractivity contribution is -0.117. The summed E-state index contributed by atoms with van der Waals surface area (Å²) in [5, 5.41) is 1.46. The third-order valence-electron chi connectivity index (χ3n) is 2.83. The van der Waals surface area contributed by atoms with E-state index >= 15 is 0 Å². The molecule has 1 rings (SSSR count). The van der Waals surface area contributed by atoms with Gasteiger partial charge < -0.3 is 0 Å². The van der Waals surface area contributed by atoms with Crippen LogP contribution >= 0.6 is 23.5 Å². The van der Waals surface area contributed by atoms with Crippen molar-refractivity contribution in [1.29, 1.82) is 0 Å². The van der Waals surface area contributed by atoms with Gasteiger partial charge >= 0.3 is 0 Å². The van der Waals surface area contributed by atoms with Gasteiger partial charge in [0.2, 0.25) is 0 Å². The van der Waals surface area contributed by atoms with Crippen molar-refractivity contribution in [3.05, 3.63) is 12.2 Å². The minimum atomic E-state index is 0.199. The number of rotatable bonds is 4. The average Bonchev–Trinajstić information content (AvgIpc) is 2.21. The van der Waals surface area contributed by atoms with E-state index in [2.05, 4.69) is 27.4 Å². The number of carbonyl (C=O) groups excluding carboxylic acids is 1. The van der Waals surface area contributed by atoms with E-state index in [0.717, 1.165) is 17.7 Å². The van der Waals surface area contributed by atoms with Crippen molar-refractivity contribution in [1.82, 2.24) is 0 Å². The molecular weight excluding hydrogens is 224 g/mol. The zero-order valence-corrected chi connectivity index (χ0v) is 11.4. The predicted molar refractivity (Wildman–Crippen MR) is 71.8 cm³/mol. The largest absolute Gasteiger partial charge is 0.298 e. The molecule has 1 fully saturated rings. The van der Waals surface area contributed by atoms with Crippen molar-refractivity contribution in [2.45, 2.75) is 49.4 Å². The number of allylic oxidation sites excluding steroid dienone is 1. The topological polar surface area (TPSA) is 17.1 Å². The van der Waals surface area contributed by atoms with E-state index in [9.17, 15) is 4.79 Å². The summed E-state index contributed by atoms with van der Waals surface area (Å²) in [5.41, 5.74) is 1.07. The third kappa shape index (κ3) is 3.87. The maximum atomic E-state index is 11.9. The maximum absolute atomic E-state index is 11.9. The molecule has 0 aromatic rings. The summed E-state index contributed by atoms with van der Waals surface area (Å²) in [6.07, 6.45) is 1.50. The minimum absolute atomic E-state index is 0.199. The summed E-state index contributed by atoms with van der Waals surface area (Å²) in [6, 6.07) is 0. The smallest absolute Gasteiger partial charge is 0.150 e. The first-order valence-corrected chi connectivity index (χ1v) is 7.50. The summed E-state index contributed by atoms with van der Waals surface area (Å²) < 4.78 is 0. The average molecular weight is 244 g/mol. The molecule has 1 nitrogen and oxygen atoms in total. The van der Waals surface area contributed by atoms with Gasteiger partial charge in [-0.15, -0.1) is 11.8 Å². The molecule has 0 aromatic heterocycles. The fourth-order valence-corrected chi connectivity index (χ4v) is 4.33. The Bertz CT molecular complexity index is 250. The molecule has 0 saturated carbocycles. The molecule has 0 N–H and O–H groups in total. The second-order valence-corrected chi connectivity index (χ2v) is 7.11. The number of thioether (sulfide) groups is 2. The summed E-state index contributed by atoms with van der Waals surface area (Å²) in [7, 11) is 0. The fourth-order valence-electron chi connectivity index (χ4n) is 1.44. The summed E-state index contributed by atoms with van der Waals surface area (Å²) >= 11 is 3.77. The minimum Gasteiger partial charge on any atom is -0.298 e. The Hall–Kier alpha value is 0.110. The van der Waals surface area contributed by atoms with Gasteiger partial charge in [0.05, 0.1) is 5.25 Å². The molecule has 0 aliphatic carbocycles. The monoisotopic (exact) mass is 244 g/mol. The van der Waals surface area contributed by atoms with Crippen LogP contribution in [0.3, 0.4) is 0 Å². The maximum Gasteiger partial charge on any atom is 0.150 e. The normalized spacial score (nSPS) is 31.3. The summed E-state index contributed by atoms with van der Waals surface area (Å²) in [5.74, 6) is 1.35. The van der Waals surface area contributed by atoms with Gasteiger partial charge in [-0.3, -0.25) is 4.79 Å². The van der Waals surface area contributed by atoms with E-state index < -0.39 is 0 Å². The van der Waals surface area contributed by atoms with Gasteiger partial charge in [0.1, 0.15) is 0 Å². The van der Waals surface area contributed by atoms with E-state index in [1.165, 1.54) is 0 Å². The number of Topliss-reactive ketones (excluding diaryl/α,β-unsaturated/α-hetero) is 1. The number of hydrogen-bond donors (Lipinski definition) is 0.